The molecule has 1 aliphatic heterocycles. The van der Waals surface area contributed by atoms with Crippen molar-refractivity contribution in [3.05, 3.63) is 107 Å². The maximum atomic E-state index is 13.9. The number of aromatic nitrogens is 2. The van der Waals surface area contributed by atoms with Gasteiger partial charge in [-0.2, -0.15) is 5.10 Å². The highest BCUT2D eigenvalue weighted by Gasteiger charge is 2.32. The highest BCUT2D eigenvalue weighted by Crippen LogP contribution is 2.35. The number of nitrogens with two attached hydrogens (primary N) is 1. The number of amides is 2. The van der Waals surface area contributed by atoms with Gasteiger partial charge in [-0.3, -0.25) is 10.1 Å². The van der Waals surface area contributed by atoms with E-state index in [0.29, 0.717) is 23.6 Å². The molecule has 0 saturated carbocycles. The van der Waals surface area contributed by atoms with Crippen molar-refractivity contribution in [2.45, 2.75) is 58.4 Å². The average molecular weight is 579 g/mol. The van der Waals surface area contributed by atoms with Crippen LogP contribution in [0.3, 0.4) is 0 Å². The van der Waals surface area contributed by atoms with Crippen LogP contribution in [0.15, 0.2) is 78.9 Å². The van der Waals surface area contributed by atoms with Crippen LogP contribution in [-0.4, -0.2) is 34.7 Å². The van der Waals surface area contributed by atoms with Crippen LogP contribution in [0.25, 0.3) is 5.69 Å². The van der Waals surface area contributed by atoms with Crippen LogP contribution >= 0.6 is 0 Å². The number of Topliss-reactive ketones (excluding diaryl/α,β-unsaturated/α-hetero) is 1. The Morgan fingerprint density at radius 3 is 2.33 bits per heavy atom. The van der Waals surface area contributed by atoms with Crippen molar-refractivity contribution < 1.29 is 9.59 Å². The third-order valence-electron chi connectivity index (χ3n) is 8.11. The Morgan fingerprint density at radius 1 is 0.977 bits per heavy atom. The van der Waals surface area contributed by atoms with E-state index in [9.17, 15) is 9.59 Å². The van der Waals surface area contributed by atoms with Crippen molar-refractivity contribution >= 4 is 23.3 Å². The molecule has 1 aliphatic rings. The Bertz CT molecular complexity index is 1560. The summed E-state index contributed by atoms with van der Waals surface area (Å²) in [6.07, 6.45) is 1.82. The lowest BCUT2D eigenvalue weighted by molar-refractivity contribution is 0.0916. The molecule has 1 fully saturated rings. The molecule has 3 aromatic carbocycles. The number of ketones is 1. The number of hydrogen-bond donors (Lipinski definition) is 4. The summed E-state index contributed by atoms with van der Waals surface area (Å²) in [7, 11) is 0. The fraction of sp³-hybridized carbons (Fsp3) is 0.343. The lowest BCUT2D eigenvalue weighted by Gasteiger charge is -2.30. The molecule has 0 spiro atoms. The number of benzene rings is 3. The van der Waals surface area contributed by atoms with Crippen molar-refractivity contribution in [3.8, 4) is 5.69 Å². The summed E-state index contributed by atoms with van der Waals surface area (Å²) < 4.78 is 1.76. The first-order valence-electron chi connectivity index (χ1n) is 15.0. The molecule has 2 heterocycles. The third kappa shape index (κ3) is 7.21. The van der Waals surface area contributed by atoms with E-state index in [1.54, 1.807) is 4.68 Å². The van der Waals surface area contributed by atoms with Gasteiger partial charge in [0.25, 0.3) is 0 Å². The second kappa shape index (κ2) is 12.9. The van der Waals surface area contributed by atoms with E-state index < -0.39 is 0 Å². The minimum absolute atomic E-state index is 0.0915. The smallest absolute Gasteiger partial charge is 0.324 e. The number of carbonyl (C=O) groups is 2. The third-order valence-corrected chi connectivity index (χ3v) is 8.11. The van der Waals surface area contributed by atoms with Gasteiger partial charge in [-0.1, -0.05) is 74.9 Å². The van der Waals surface area contributed by atoms with Gasteiger partial charge in [0.1, 0.15) is 5.82 Å². The molecule has 1 aromatic heterocycles. The topological polar surface area (TPSA) is 114 Å². The molecular weight excluding hydrogens is 536 g/mol. The number of hydrogen-bond acceptors (Lipinski definition) is 5. The highest BCUT2D eigenvalue weighted by atomic mass is 16.2. The number of nitrogens with zero attached hydrogens (tertiary/aromatic N) is 2. The molecule has 2 amide bonds. The molecule has 1 unspecified atom stereocenters. The quantitative estimate of drug-likeness (QED) is 0.177. The molecule has 0 radical (unpaired) electrons. The second-order valence-corrected chi connectivity index (χ2v) is 12.4. The molecular formula is C35H42N6O2. The van der Waals surface area contributed by atoms with E-state index in [-0.39, 0.29) is 29.1 Å². The molecule has 224 valence electrons. The maximum absolute atomic E-state index is 13.9. The van der Waals surface area contributed by atoms with Crippen LogP contribution in [0.2, 0.25) is 0 Å². The molecule has 5 rings (SSSR count). The molecule has 43 heavy (non-hydrogen) atoms. The van der Waals surface area contributed by atoms with E-state index in [1.807, 2.05) is 85.8 Å². The van der Waals surface area contributed by atoms with E-state index >= 15 is 0 Å². The summed E-state index contributed by atoms with van der Waals surface area (Å²) in [6, 6.07) is 24.8. The molecule has 4 aromatic rings. The summed E-state index contributed by atoms with van der Waals surface area (Å²) in [5, 5.41) is 14.2. The monoisotopic (exact) mass is 578 g/mol. The van der Waals surface area contributed by atoms with Crippen LogP contribution < -0.4 is 21.7 Å². The zero-order chi connectivity index (χ0) is 30.6. The van der Waals surface area contributed by atoms with E-state index in [1.165, 1.54) is 0 Å². The van der Waals surface area contributed by atoms with Crippen molar-refractivity contribution in [1.29, 1.82) is 0 Å². The zero-order valence-electron chi connectivity index (χ0n) is 25.5. The first kappa shape index (κ1) is 30.2. The summed E-state index contributed by atoms with van der Waals surface area (Å²) >= 11 is 0. The summed E-state index contributed by atoms with van der Waals surface area (Å²) in [6.45, 7) is 10.5. The first-order chi connectivity index (χ1) is 20.6. The average Bonchev–Trinajstić information content (AvgIpc) is 3.42. The van der Waals surface area contributed by atoms with Gasteiger partial charge in [0.2, 0.25) is 0 Å². The fourth-order valence-electron chi connectivity index (χ4n) is 5.61. The number of anilines is 2. The fourth-order valence-corrected chi connectivity index (χ4v) is 5.61. The SMILES string of the molecule is Cc1ccc(-n2nc(C(C)(C)C)cc2NC(=O)Nc2cccc(C(C(=O)c3ccc(CN)cc3)C3CCNCC3)c2)cc1. The van der Waals surface area contributed by atoms with Crippen LogP contribution in [0.5, 0.6) is 0 Å². The largest absolute Gasteiger partial charge is 0.326 e. The van der Waals surface area contributed by atoms with Crippen LogP contribution in [-0.2, 0) is 12.0 Å². The number of carbonyl (C=O) groups excluding carboxylic acids is 2. The second-order valence-electron chi connectivity index (χ2n) is 12.4. The number of rotatable bonds is 8. The molecule has 0 bridgehead atoms. The Labute approximate surface area is 254 Å². The molecule has 1 saturated heterocycles. The number of aryl methyl sites for hydroxylation is 1. The van der Waals surface area contributed by atoms with Crippen molar-refractivity contribution in [2.24, 2.45) is 11.7 Å². The van der Waals surface area contributed by atoms with Gasteiger partial charge >= 0.3 is 6.03 Å². The minimum atomic E-state index is -0.381. The van der Waals surface area contributed by atoms with Gasteiger partial charge in [0.15, 0.2) is 5.78 Å². The summed E-state index contributed by atoms with van der Waals surface area (Å²) in [5.41, 5.74) is 11.6. The molecule has 5 N–H and O–H groups in total. The van der Waals surface area contributed by atoms with Gasteiger partial charge < -0.3 is 16.4 Å². The van der Waals surface area contributed by atoms with Crippen LogP contribution in [0.1, 0.15) is 72.3 Å². The van der Waals surface area contributed by atoms with Crippen molar-refractivity contribution in [1.82, 2.24) is 15.1 Å². The Balaban J connectivity index is 1.39. The standard InChI is InChI=1S/C35H42N6O2/c1-23-8-14-29(15-9-23)41-31(21-30(40-41)35(2,3)4)39-34(43)38-28-7-5-6-27(20-28)32(25-16-18-37-19-17-25)33(42)26-12-10-24(22-36)11-13-26/h5-15,20-21,25,32,37H,16-19,22,36H2,1-4H3,(H2,38,39,43). The van der Waals surface area contributed by atoms with Gasteiger partial charge in [0.05, 0.1) is 17.3 Å². The van der Waals surface area contributed by atoms with E-state index in [4.69, 9.17) is 10.8 Å². The predicted octanol–water partition coefficient (Wildman–Crippen LogP) is 6.55. The number of urea groups is 1. The van der Waals surface area contributed by atoms with Crippen molar-refractivity contribution in [2.75, 3.05) is 23.7 Å². The zero-order valence-corrected chi connectivity index (χ0v) is 25.5. The lowest BCUT2D eigenvalue weighted by atomic mass is 9.76. The Morgan fingerprint density at radius 2 is 1.67 bits per heavy atom. The van der Waals surface area contributed by atoms with Crippen LogP contribution in [0, 0.1) is 12.8 Å². The molecule has 1 atom stereocenters. The number of nitrogens with one attached hydrogen (secondary N) is 3. The Kier molecular flexibility index (Phi) is 9.08. The molecule has 0 aliphatic carbocycles. The van der Waals surface area contributed by atoms with E-state index in [0.717, 1.165) is 54.0 Å². The Hall–Kier alpha value is -4.27. The number of piperidine rings is 1. The lowest BCUT2D eigenvalue weighted by Crippen LogP contribution is -2.33. The highest BCUT2D eigenvalue weighted by molar-refractivity contribution is 6.02. The van der Waals surface area contributed by atoms with Crippen molar-refractivity contribution in [3.63, 3.8) is 0 Å². The maximum Gasteiger partial charge on any atom is 0.324 e. The van der Waals surface area contributed by atoms with Gasteiger partial charge in [-0.25, -0.2) is 9.48 Å². The minimum Gasteiger partial charge on any atom is -0.326 e. The van der Waals surface area contributed by atoms with Gasteiger partial charge in [-0.15, -0.1) is 0 Å². The van der Waals surface area contributed by atoms with Crippen LogP contribution in [0.4, 0.5) is 16.3 Å². The van der Waals surface area contributed by atoms with Gasteiger partial charge in [0, 0.05) is 29.3 Å². The normalized spacial score (nSPS) is 14.7. The summed E-state index contributed by atoms with van der Waals surface area (Å²) in [5.74, 6) is 0.555. The van der Waals surface area contributed by atoms with E-state index in [2.05, 4.69) is 36.7 Å². The summed E-state index contributed by atoms with van der Waals surface area (Å²) in [4.78, 5) is 27.3. The molecule has 8 nitrogen and oxygen atoms in total. The first-order valence-corrected chi connectivity index (χ1v) is 15.0. The predicted molar refractivity (Wildman–Crippen MR) is 173 cm³/mol. The molecule has 8 heteroatoms. The van der Waals surface area contributed by atoms with Gasteiger partial charge in [-0.05, 0) is 74.2 Å².